The normalized spacial score (nSPS) is 16.0. The molecule has 1 aliphatic heterocycles. The number of fused-ring (bicyclic) bond motifs is 1. The van der Waals surface area contributed by atoms with Gasteiger partial charge in [0.05, 0.1) is 24.7 Å². The van der Waals surface area contributed by atoms with Gasteiger partial charge in [0.1, 0.15) is 11.3 Å². The number of ether oxygens (including phenoxy) is 1. The molecule has 0 N–H and O–H groups in total. The SMILES string of the molecule is CC(C)=Cc1cnc(OC2CN(S(C)(=O)=O)C2)c2cnc(Cl)cc12. The van der Waals surface area contributed by atoms with E-state index in [1.807, 2.05) is 19.9 Å². The van der Waals surface area contributed by atoms with Gasteiger partial charge in [-0.25, -0.2) is 18.4 Å². The first kappa shape index (κ1) is 17.1. The van der Waals surface area contributed by atoms with Crippen LogP contribution in [0.4, 0.5) is 0 Å². The van der Waals surface area contributed by atoms with Crippen molar-refractivity contribution in [3.8, 4) is 5.88 Å². The Labute approximate surface area is 146 Å². The number of hydrogen-bond acceptors (Lipinski definition) is 5. The van der Waals surface area contributed by atoms with Crippen molar-refractivity contribution in [2.45, 2.75) is 20.0 Å². The Morgan fingerprint density at radius 1 is 1.29 bits per heavy atom. The van der Waals surface area contributed by atoms with Gasteiger partial charge in [-0.15, -0.1) is 0 Å². The van der Waals surface area contributed by atoms with Crippen molar-refractivity contribution < 1.29 is 13.2 Å². The predicted octanol–water partition coefficient (Wildman–Crippen LogP) is 2.73. The van der Waals surface area contributed by atoms with Gasteiger partial charge in [-0.2, -0.15) is 4.31 Å². The van der Waals surface area contributed by atoms with E-state index in [4.69, 9.17) is 16.3 Å². The van der Waals surface area contributed by atoms with E-state index in [0.29, 0.717) is 24.1 Å². The van der Waals surface area contributed by atoms with Crippen LogP contribution in [-0.2, 0) is 10.0 Å². The Bertz CT molecular complexity index is 918. The lowest BCUT2D eigenvalue weighted by molar-refractivity contribution is 0.0741. The van der Waals surface area contributed by atoms with Gasteiger partial charge in [-0.3, -0.25) is 0 Å². The molecule has 0 saturated carbocycles. The van der Waals surface area contributed by atoms with Gasteiger partial charge in [0.2, 0.25) is 15.9 Å². The van der Waals surface area contributed by atoms with E-state index in [1.165, 1.54) is 10.6 Å². The second-order valence-electron chi connectivity index (χ2n) is 6.11. The quantitative estimate of drug-likeness (QED) is 0.777. The Balaban J connectivity index is 1.92. The van der Waals surface area contributed by atoms with Crippen molar-refractivity contribution in [1.29, 1.82) is 0 Å². The molecule has 0 atom stereocenters. The summed E-state index contributed by atoms with van der Waals surface area (Å²) < 4.78 is 30.1. The van der Waals surface area contributed by atoms with Crippen LogP contribution in [0.1, 0.15) is 19.4 Å². The molecule has 8 heteroatoms. The lowest BCUT2D eigenvalue weighted by Crippen LogP contribution is -2.55. The lowest BCUT2D eigenvalue weighted by atomic mass is 10.1. The molecule has 2 aromatic rings. The molecular formula is C16H18ClN3O3S. The summed E-state index contributed by atoms with van der Waals surface area (Å²) in [6, 6.07) is 1.78. The van der Waals surface area contributed by atoms with Gasteiger partial charge in [0.25, 0.3) is 0 Å². The van der Waals surface area contributed by atoms with Gasteiger partial charge >= 0.3 is 0 Å². The zero-order chi connectivity index (χ0) is 17.5. The van der Waals surface area contributed by atoms with E-state index in [-0.39, 0.29) is 6.10 Å². The maximum Gasteiger partial charge on any atom is 0.223 e. The third-order valence-electron chi connectivity index (χ3n) is 3.74. The summed E-state index contributed by atoms with van der Waals surface area (Å²) >= 11 is 6.03. The molecule has 0 aliphatic carbocycles. The fourth-order valence-corrected chi connectivity index (χ4v) is 3.56. The second-order valence-corrected chi connectivity index (χ2v) is 8.48. The zero-order valence-corrected chi connectivity index (χ0v) is 15.2. The first-order valence-electron chi connectivity index (χ1n) is 7.45. The van der Waals surface area contributed by atoms with E-state index in [2.05, 4.69) is 9.97 Å². The molecule has 0 aromatic carbocycles. The maximum atomic E-state index is 11.4. The number of aromatic nitrogens is 2. The molecule has 0 spiro atoms. The third-order valence-corrected chi connectivity index (χ3v) is 5.18. The average Bonchev–Trinajstić information content (AvgIpc) is 2.42. The maximum absolute atomic E-state index is 11.4. The fraction of sp³-hybridized carbons (Fsp3) is 0.375. The molecule has 128 valence electrons. The molecule has 1 saturated heterocycles. The van der Waals surface area contributed by atoms with E-state index >= 15 is 0 Å². The standard InChI is InChI=1S/C16H18ClN3O3S/c1-10(2)4-11-6-19-16(14-7-18-15(17)5-13(11)14)23-12-8-20(9-12)24(3,21)22/h4-7,12H,8-9H2,1-3H3. The van der Waals surface area contributed by atoms with Gasteiger partial charge in [-0.1, -0.05) is 23.3 Å². The Morgan fingerprint density at radius 3 is 2.62 bits per heavy atom. The summed E-state index contributed by atoms with van der Waals surface area (Å²) in [4.78, 5) is 8.49. The number of nitrogens with zero attached hydrogens (tertiary/aromatic N) is 3. The van der Waals surface area contributed by atoms with Crippen LogP contribution in [0.15, 0.2) is 24.0 Å². The van der Waals surface area contributed by atoms with Crippen LogP contribution in [-0.4, -0.2) is 48.1 Å². The number of pyridine rings is 2. The van der Waals surface area contributed by atoms with Gasteiger partial charge < -0.3 is 4.74 Å². The summed E-state index contributed by atoms with van der Waals surface area (Å²) in [6.45, 7) is 4.68. The molecule has 0 bridgehead atoms. The molecule has 0 radical (unpaired) electrons. The van der Waals surface area contributed by atoms with Crippen LogP contribution in [0.5, 0.6) is 5.88 Å². The molecule has 0 amide bonds. The first-order valence-corrected chi connectivity index (χ1v) is 9.67. The van der Waals surface area contributed by atoms with E-state index < -0.39 is 10.0 Å². The minimum atomic E-state index is -3.16. The van der Waals surface area contributed by atoms with Crippen LogP contribution >= 0.6 is 11.6 Å². The minimum Gasteiger partial charge on any atom is -0.471 e. The molecule has 3 rings (SSSR count). The zero-order valence-electron chi connectivity index (χ0n) is 13.7. The number of rotatable bonds is 4. The summed E-state index contributed by atoms with van der Waals surface area (Å²) in [6.07, 6.45) is 6.37. The molecule has 0 unspecified atom stereocenters. The Morgan fingerprint density at radius 2 is 2.00 bits per heavy atom. The van der Waals surface area contributed by atoms with Crippen molar-refractivity contribution in [2.24, 2.45) is 0 Å². The van der Waals surface area contributed by atoms with Crippen molar-refractivity contribution in [3.63, 3.8) is 0 Å². The van der Waals surface area contributed by atoms with Crippen molar-refractivity contribution >= 4 is 38.5 Å². The van der Waals surface area contributed by atoms with E-state index in [9.17, 15) is 8.42 Å². The largest absolute Gasteiger partial charge is 0.471 e. The van der Waals surface area contributed by atoms with Crippen molar-refractivity contribution in [3.05, 3.63) is 34.7 Å². The molecule has 24 heavy (non-hydrogen) atoms. The molecule has 1 fully saturated rings. The van der Waals surface area contributed by atoms with Crippen molar-refractivity contribution in [2.75, 3.05) is 19.3 Å². The summed E-state index contributed by atoms with van der Waals surface area (Å²) in [5, 5.41) is 2.06. The highest BCUT2D eigenvalue weighted by Gasteiger charge is 2.35. The first-order chi connectivity index (χ1) is 11.2. The smallest absolute Gasteiger partial charge is 0.223 e. The van der Waals surface area contributed by atoms with Crippen LogP contribution in [0.2, 0.25) is 5.15 Å². The highest BCUT2D eigenvalue weighted by Crippen LogP contribution is 2.30. The summed E-state index contributed by atoms with van der Waals surface area (Å²) in [5.41, 5.74) is 2.08. The van der Waals surface area contributed by atoms with Gasteiger partial charge in [0, 0.05) is 23.3 Å². The molecule has 3 heterocycles. The number of halogens is 1. The third kappa shape index (κ3) is 3.53. The molecular weight excluding hydrogens is 350 g/mol. The average molecular weight is 368 g/mol. The molecule has 6 nitrogen and oxygen atoms in total. The Hall–Kier alpha value is -1.70. The molecule has 2 aromatic heterocycles. The monoisotopic (exact) mass is 367 g/mol. The van der Waals surface area contributed by atoms with Gasteiger partial charge in [0.15, 0.2) is 0 Å². The highest BCUT2D eigenvalue weighted by molar-refractivity contribution is 7.88. The van der Waals surface area contributed by atoms with E-state index in [0.717, 1.165) is 21.9 Å². The van der Waals surface area contributed by atoms with Crippen LogP contribution in [0.3, 0.4) is 0 Å². The van der Waals surface area contributed by atoms with Crippen molar-refractivity contribution in [1.82, 2.24) is 14.3 Å². The van der Waals surface area contributed by atoms with Crippen LogP contribution < -0.4 is 4.74 Å². The van der Waals surface area contributed by atoms with E-state index in [1.54, 1.807) is 18.5 Å². The number of allylic oxidation sites excluding steroid dienone is 1. The topological polar surface area (TPSA) is 72.4 Å². The summed E-state index contributed by atoms with van der Waals surface area (Å²) in [7, 11) is -3.16. The predicted molar refractivity (Wildman–Crippen MR) is 94.7 cm³/mol. The Kier molecular flexibility index (Phi) is 4.50. The van der Waals surface area contributed by atoms with Gasteiger partial charge in [-0.05, 0) is 19.9 Å². The number of hydrogen-bond donors (Lipinski definition) is 0. The lowest BCUT2D eigenvalue weighted by Gasteiger charge is -2.36. The summed E-state index contributed by atoms with van der Waals surface area (Å²) in [5.74, 6) is 0.443. The van der Waals surface area contributed by atoms with Crippen LogP contribution in [0, 0.1) is 0 Å². The second kappa shape index (κ2) is 6.31. The minimum absolute atomic E-state index is 0.208. The van der Waals surface area contributed by atoms with Crippen LogP contribution in [0.25, 0.3) is 16.8 Å². The highest BCUT2D eigenvalue weighted by atomic mass is 35.5. The molecule has 1 aliphatic rings. The number of sulfonamides is 1. The fourth-order valence-electron chi connectivity index (χ4n) is 2.53.